The van der Waals surface area contributed by atoms with Crippen molar-refractivity contribution in [2.75, 3.05) is 26.2 Å². The van der Waals surface area contributed by atoms with Crippen LogP contribution in [0, 0.1) is 13.8 Å². The van der Waals surface area contributed by atoms with Crippen LogP contribution in [0.2, 0.25) is 0 Å². The van der Waals surface area contributed by atoms with Crippen LogP contribution in [-0.4, -0.2) is 53.9 Å². The highest BCUT2D eigenvalue weighted by Gasteiger charge is 2.32. The number of nitrogens with zero attached hydrogens (tertiary/aromatic N) is 2. The van der Waals surface area contributed by atoms with E-state index in [1.54, 1.807) is 0 Å². The third-order valence-electron chi connectivity index (χ3n) is 5.11. The van der Waals surface area contributed by atoms with E-state index in [9.17, 15) is 9.59 Å². The van der Waals surface area contributed by atoms with Crippen LogP contribution in [0.1, 0.15) is 42.6 Å². The van der Waals surface area contributed by atoms with Gasteiger partial charge in [0, 0.05) is 38.5 Å². The van der Waals surface area contributed by atoms with Crippen LogP contribution in [-0.2, 0) is 14.3 Å². The molecule has 0 spiro atoms. The summed E-state index contributed by atoms with van der Waals surface area (Å²) in [5.74, 6) is -0.0704. The van der Waals surface area contributed by atoms with Crippen LogP contribution in [0.5, 0.6) is 0 Å². The maximum atomic E-state index is 11.8. The zero-order chi connectivity index (χ0) is 17.3. The summed E-state index contributed by atoms with van der Waals surface area (Å²) in [4.78, 5) is 27.3. The topological polar surface area (TPSA) is 49.9 Å². The number of likely N-dealkylation sites (tertiary alicyclic amines) is 1. The fourth-order valence-corrected chi connectivity index (χ4v) is 3.51. The highest BCUT2D eigenvalue weighted by atomic mass is 16.5. The Morgan fingerprint density at radius 1 is 1.12 bits per heavy atom. The lowest BCUT2D eigenvalue weighted by Gasteiger charge is -2.39. The van der Waals surface area contributed by atoms with Gasteiger partial charge in [0.25, 0.3) is 0 Å². The molecule has 1 aromatic carbocycles. The Balaban J connectivity index is 1.66. The van der Waals surface area contributed by atoms with Crippen molar-refractivity contribution in [2.45, 2.75) is 45.8 Å². The number of hydrogen-bond acceptors (Lipinski definition) is 4. The average molecular weight is 330 g/mol. The Kier molecular flexibility index (Phi) is 5.01. The molecule has 0 radical (unpaired) electrons. The van der Waals surface area contributed by atoms with E-state index in [0.29, 0.717) is 38.6 Å². The lowest BCUT2D eigenvalue weighted by molar-refractivity contribution is -0.139. The number of hydrogen-bond donors (Lipinski definition) is 0. The Bertz CT molecular complexity index is 627. The normalized spacial score (nSPS) is 25.5. The van der Waals surface area contributed by atoms with E-state index in [1.165, 1.54) is 21.6 Å². The number of morpholine rings is 1. The number of imide groups is 1. The van der Waals surface area contributed by atoms with Crippen LogP contribution in [0.25, 0.3) is 0 Å². The summed E-state index contributed by atoms with van der Waals surface area (Å²) in [5, 5.41) is 0. The molecule has 2 heterocycles. The van der Waals surface area contributed by atoms with Crippen molar-refractivity contribution in [1.29, 1.82) is 0 Å². The summed E-state index contributed by atoms with van der Waals surface area (Å²) >= 11 is 0. The van der Waals surface area contributed by atoms with Gasteiger partial charge >= 0.3 is 0 Å². The molecule has 2 amide bonds. The van der Waals surface area contributed by atoms with Crippen LogP contribution >= 0.6 is 0 Å². The van der Waals surface area contributed by atoms with Gasteiger partial charge in [0.15, 0.2) is 0 Å². The van der Waals surface area contributed by atoms with E-state index in [0.717, 1.165) is 6.54 Å². The molecule has 2 fully saturated rings. The summed E-state index contributed by atoms with van der Waals surface area (Å²) in [7, 11) is 0. The molecule has 3 rings (SSSR count). The van der Waals surface area contributed by atoms with Gasteiger partial charge in [-0.25, -0.2) is 0 Å². The molecule has 5 nitrogen and oxygen atoms in total. The number of benzene rings is 1. The van der Waals surface area contributed by atoms with Crippen LogP contribution in [0.15, 0.2) is 18.2 Å². The third kappa shape index (κ3) is 3.52. The molecule has 0 aliphatic carbocycles. The molecule has 0 saturated carbocycles. The first-order chi connectivity index (χ1) is 11.5. The first-order valence-corrected chi connectivity index (χ1v) is 8.71. The van der Waals surface area contributed by atoms with Gasteiger partial charge in [0.05, 0.1) is 12.7 Å². The first-order valence-electron chi connectivity index (χ1n) is 8.71. The molecule has 24 heavy (non-hydrogen) atoms. The maximum absolute atomic E-state index is 11.8. The van der Waals surface area contributed by atoms with Gasteiger partial charge in [0.2, 0.25) is 11.8 Å². The summed E-state index contributed by atoms with van der Waals surface area (Å²) in [5.41, 5.74) is 3.71. The molecule has 0 unspecified atom stereocenters. The molecule has 0 N–H and O–H groups in total. The second-order valence-corrected chi connectivity index (χ2v) is 6.97. The smallest absolute Gasteiger partial charge is 0.229 e. The van der Waals surface area contributed by atoms with Crippen molar-refractivity contribution in [1.82, 2.24) is 9.80 Å². The molecule has 2 saturated heterocycles. The molecule has 5 heteroatoms. The minimum absolute atomic E-state index is 0.0352. The minimum Gasteiger partial charge on any atom is -0.371 e. The molecule has 0 bridgehead atoms. The van der Waals surface area contributed by atoms with Crippen molar-refractivity contribution in [2.24, 2.45) is 0 Å². The van der Waals surface area contributed by atoms with E-state index in [1.807, 2.05) is 0 Å². The largest absolute Gasteiger partial charge is 0.371 e. The van der Waals surface area contributed by atoms with E-state index in [4.69, 9.17) is 4.74 Å². The van der Waals surface area contributed by atoms with Gasteiger partial charge in [0.1, 0.15) is 0 Å². The molecule has 130 valence electrons. The van der Waals surface area contributed by atoms with E-state index in [-0.39, 0.29) is 17.9 Å². The standard InChI is InChI=1S/C19H26N2O3/c1-13-4-5-14(2)16(10-13)17-11-20(15(3)12-24-17)8-9-21-18(22)6-7-19(21)23/h4-5,10,15,17H,6-9,11-12H2,1-3H3/t15-,17+/m0/s1. The van der Waals surface area contributed by atoms with Crippen LogP contribution in [0.4, 0.5) is 0 Å². The predicted octanol–water partition coefficient (Wildman–Crippen LogP) is 2.21. The summed E-state index contributed by atoms with van der Waals surface area (Å²) in [6.45, 7) is 9.00. The molecule has 2 atom stereocenters. The average Bonchev–Trinajstić information content (AvgIpc) is 2.88. The number of rotatable bonds is 4. The lowest BCUT2D eigenvalue weighted by atomic mass is 9.99. The number of ether oxygens (including phenoxy) is 1. The summed E-state index contributed by atoms with van der Waals surface area (Å²) < 4.78 is 6.07. The van der Waals surface area contributed by atoms with Crippen molar-refractivity contribution >= 4 is 11.8 Å². The Hall–Kier alpha value is -1.72. The van der Waals surface area contributed by atoms with E-state index < -0.39 is 0 Å². The van der Waals surface area contributed by atoms with E-state index in [2.05, 4.69) is 43.9 Å². The van der Waals surface area contributed by atoms with Gasteiger partial charge < -0.3 is 4.74 Å². The molecule has 2 aliphatic heterocycles. The van der Waals surface area contributed by atoms with Crippen LogP contribution in [0.3, 0.4) is 0 Å². The van der Waals surface area contributed by atoms with Gasteiger partial charge in [-0.05, 0) is 31.9 Å². The first kappa shape index (κ1) is 17.1. The Morgan fingerprint density at radius 3 is 2.54 bits per heavy atom. The Morgan fingerprint density at radius 2 is 1.83 bits per heavy atom. The lowest BCUT2D eigenvalue weighted by Crippen LogP contribution is -2.48. The number of amides is 2. The molecule has 1 aromatic rings. The monoisotopic (exact) mass is 330 g/mol. The zero-order valence-electron chi connectivity index (χ0n) is 14.7. The van der Waals surface area contributed by atoms with E-state index >= 15 is 0 Å². The van der Waals surface area contributed by atoms with Gasteiger partial charge in [-0.3, -0.25) is 19.4 Å². The van der Waals surface area contributed by atoms with Gasteiger partial charge in [-0.1, -0.05) is 23.8 Å². The predicted molar refractivity (Wildman–Crippen MR) is 91.6 cm³/mol. The van der Waals surface area contributed by atoms with Crippen molar-refractivity contribution in [3.8, 4) is 0 Å². The molecular weight excluding hydrogens is 304 g/mol. The van der Waals surface area contributed by atoms with Gasteiger partial charge in [-0.15, -0.1) is 0 Å². The van der Waals surface area contributed by atoms with Crippen molar-refractivity contribution in [3.63, 3.8) is 0 Å². The summed E-state index contributed by atoms with van der Waals surface area (Å²) in [6, 6.07) is 6.74. The SMILES string of the molecule is Cc1ccc(C)c([C@H]2CN(CCN3C(=O)CCC3=O)[C@@H](C)CO2)c1. The third-order valence-corrected chi connectivity index (χ3v) is 5.11. The second kappa shape index (κ2) is 7.03. The molecular formula is C19H26N2O3. The fourth-order valence-electron chi connectivity index (χ4n) is 3.51. The Labute approximate surface area is 143 Å². The molecule has 0 aromatic heterocycles. The second-order valence-electron chi connectivity index (χ2n) is 6.97. The maximum Gasteiger partial charge on any atom is 0.229 e. The van der Waals surface area contributed by atoms with Crippen LogP contribution < -0.4 is 0 Å². The number of carbonyl (C=O) groups excluding carboxylic acids is 2. The minimum atomic E-state index is -0.0352. The number of aryl methyl sites for hydroxylation is 2. The highest BCUT2D eigenvalue weighted by molar-refractivity contribution is 6.01. The number of carbonyl (C=O) groups is 2. The van der Waals surface area contributed by atoms with Crippen molar-refractivity contribution in [3.05, 3.63) is 34.9 Å². The van der Waals surface area contributed by atoms with Gasteiger partial charge in [-0.2, -0.15) is 0 Å². The zero-order valence-corrected chi connectivity index (χ0v) is 14.7. The fraction of sp³-hybridized carbons (Fsp3) is 0.579. The molecule has 2 aliphatic rings. The summed E-state index contributed by atoms with van der Waals surface area (Å²) in [6.07, 6.45) is 0.775. The highest BCUT2D eigenvalue weighted by Crippen LogP contribution is 2.28. The van der Waals surface area contributed by atoms with Crippen molar-refractivity contribution < 1.29 is 14.3 Å². The quantitative estimate of drug-likeness (QED) is 0.794.